The molecule has 0 saturated carbocycles. The summed E-state index contributed by atoms with van der Waals surface area (Å²) < 4.78 is 38.7. The van der Waals surface area contributed by atoms with Crippen LogP contribution >= 0.6 is 0 Å². The molecular weight excluding hydrogens is 249 g/mol. The Hall–Kier alpha value is -1.76. The number of rotatable bonds is 4. The fourth-order valence-electron chi connectivity index (χ4n) is 1.27. The van der Waals surface area contributed by atoms with Crippen LogP contribution in [0.5, 0.6) is 0 Å². The van der Waals surface area contributed by atoms with E-state index in [0.717, 1.165) is 6.07 Å². The van der Waals surface area contributed by atoms with Gasteiger partial charge in [0.1, 0.15) is 0 Å². The summed E-state index contributed by atoms with van der Waals surface area (Å²) in [5.74, 6) is -4.43. The van der Waals surface area contributed by atoms with E-state index in [1.54, 1.807) is 6.92 Å². The average molecular weight is 262 g/mol. The van der Waals surface area contributed by atoms with Gasteiger partial charge < -0.3 is 15.7 Å². The molecule has 0 saturated heterocycles. The van der Waals surface area contributed by atoms with Gasteiger partial charge in [0.2, 0.25) is 0 Å². The van der Waals surface area contributed by atoms with E-state index in [-0.39, 0.29) is 12.6 Å². The Balaban J connectivity index is 2.68. The molecule has 0 fully saturated rings. The number of nitrogens with one attached hydrogen (secondary N) is 2. The molecular formula is C11H13F3N2O2. The van der Waals surface area contributed by atoms with Gasteiger partial charge in [-0.1, -0.05) is 0 Å². The van der Waals surface area contributed by atoms with Crippen LogP contribution in [0.15, 0.2) is 12.1 Å². The molecule has 1 aromatic rings. The molecule has 0 aliphatic rings. The summed E-state index contributed by atoms with van der Waals surface area (Å²) in [5, 5.41) is 13.1. The Kier molecular flexibility index (Phi) is 4.96. The van der Waals surface area contributed by atoms with Crippen molar-refractivity contribution in [1.29, 1.82) is 0 Å². The molecule has 4 nitrogen and oxygen atoms in total. The largest absolute Gasteiger partial charge is 0.396 e. The van der Waals surface area contributed by atoms with Crippen LogP contribution < -0.4 is 10.6 Å². The highest BCUT2D eigenvalue weighted by molar-refractivity contribution is 5.89. The number of aliphatic hydroxyl groups excluding tert-OH is 1. The minimum Gasteiger partial charge on any atom is -0.396 e. The lowest BCUT2D eigenvalue weighted by molar-refractivity contribution is 0.241. The predicted molar refractivity (Wildman–Crippen MR) is 59.6 cm³/mol. The van der Waals surface area contributed by atoms with E-state index >= 15 is 0 Å². The molecule has 7 heteroatoms. The highest BCUT2D eigenvalue weighted by Crippen LogP contribution is 2.19. The van der Waals surface area contributed by atoms with Crippen LogP contribution in [0.1, 0.15) is 13.3 Å². The normalized spacial score (nSPS) is 12.1. The molecule has 100 valence electrons. The van der Waals surface area contributed by atoms with Gasteiger partial charge in [-0.3, -0.25) is 0 Å². The molecule has 0 spiro atoms. The Labute approximate surface area is 102 Å². The third-order valence-corrected chi connectivity index (χ3v) is 2.22. The zero-order chi connectivity index (χ0) is 13.7. The van der Waals surface area contributed by atoms with E-state index in [1.807, 2.05) is 0 Å². The topological polar surface area (TPSA) is 61.4 Å². The van der Waals surface area contributed by atoms with Crippen LogP contribution in [0.3, 0.4) is 0 Å². The first-order valence-corrected chi connectivity index (χ1v) is 5.27. The molecule has 0 heterocycles. The fraction of sp³-hybridized carbons (Fsp3) is 0.364. The van der Waals surface area contributed by atoms with Gasteiger partial charge in [-0.25, -0.2) is 18.0 Å². The molecule has 0 aliphatic carbocycles. The van der Waals surface area contributed by atoms with Gasteiger partial charge in [0.05, 0.1) is 5.69 Å². The fourth-order valence-corrected chi connectivity index (χ4v) is 1.27. The van der Waals surface area contributed by atoms with Gasteiger partial charge in [0.25, 0.3) is 0 Å². The lowest BCUT2D eigenvalue weighted by atomic mass is 10.2. The zero-order valence-electron chi connectivity index (χ0n) is 9.64. The average Bonchev–Trinajstić information content (AvgIpc) is 2.30. The number of hydrogen-bond donors (Lipinski definition) is 3. The summed E-state index contributed by atoms with van der Waals surface area (Å²) in [7, 11) is 0. The molecule has 1 atom stereocenters. The van der Waals surface area contributed by atoms with Crippen molar-refractivity contribution in [3.8, 4) is 0 Å². The molecule has 1 rings (SSSR count). The van der Waals surface area contributed by atoms with Gasteiger partial charge in [0.15, 0.2) is 17.5 Å². The summed E-state index contributed by atoms with van der Waals surface area (Å²) in [5.41, 5.74) is -0.456. The first-order valence-electron chi connectivity index (χ1n) is 5.27. The SMILES string of the molecule is C[C@H](CCO)NC(=O)Nc1ccc(F)c(F)c1F. The zero-order valence-corrected chi connectivity index (χ0v) is 9.64. The first kappa shape index (κ1) is 14.3. The Morgan fingerprint density at radius 3 is 2.61 bits per heavy atom. The monoisotopic (exact) mass is 262 g/mol. The number of carbonyl (C=O) groups excluding carboxylic acids is 1. The van der Waals surface area contributed by atoms with Gasteiger partial charge in [-0.05, 0) is 25.5 Å². The van der Waals surface area contributed by atoms with Crippen molar-refractivity contribution in [2.45, 2.75) is 19.4 Å². The summed E-state index contributed by atoms with van der Waals surface area (Å²) in [4.78, 5) is 11.4. The molecule has 3 N–H and O–H groups in total. The van der Waals surface area contributed by atoms with E-state index in [4.69, 9.17) is 5.11 Å². The highest BCUT2D eigenvalue weighted by atomic mass is 19.2. The van der Waals surface area contributed by atoms with Crippen molar-refractivity contribution in [3.05, 3.63) is 29.6 Å². The number of aliphatic hydroxyl groups is 1. The number of anilines is 1. The lowest BCUT2D eigenvalue weighted by Gasteiger charge is -2.13. The smallest absolute Gasteiger partial charge is 0.319 e. The van der Waals surface area contributed by atoms with Crippen molar-refractivity contribution < 1.29 is 23.1 Å². The number of halogens is 3. The number of amides is 2. The number of carbonyl (C=O) groups is 1. The summed E-state index contributed by atoms with van der Waals surface area (Å²) in [6, 6.07) is 0.541. The Morgan fingerprint density at radius 1 is 1.33 bits per heavy atom. The predicted octanol–water partition coefficient (Wildman–Crippen LogP) is 2.00. The third-order valence-electron chi connectivity index (χ3n) is 2.22. The first-order chi connectivity index (χ1) is 8.45. The molecule has 0 aromatic heterocycles. The van der Waals surface area contributed by atoms with E-state index in [2.05, 4.69) is 10.6 Å². The van der Waals surface area contributed by atoms with Gasteiger partial charge in [0, 0.05) is 12.6 Å². The molecule has 2 amide bonds. The van der Waals surface area contributed by atoms with Crippen LogP contribution in [0.2, 0.25) is 0 Å². The maximum Gasteiger partial charge on any atom is 0.319 e. The van der Waals surface area contributed by atoms with Crippen molar-refractivity contribution in [2.75, 3.05) is 11.9 Å². The van der Waals surface area contributed by atoms with Gasteiger partial charge in [-0.15, -0.1) is 0 Å². The van der Waals surface area contributed by atoms with Crippen LogP contribution in [-0.2, 0) is 0 Å². The van der Waals surface area contributed by atoms with Crippen molar-refractivity contribution in [2.24, 2.45) is 0 Å². The molecule has 1 aromatic carbocycles. The Morgan fingerprint density at radius 2 is 2.00 bits per heavy atom. The van der Waals surface area contributed by atoms with Gasteiger partial charge in [-0.2, -0.15) is 0 Å². The molecule has 0 unspecified atom stereocenters. The second kappa shape index (κ2) is 6.25. The van der Waals surface area contributed by atoms with Gasteiger partial charge >= 0.3 is 6.03 Å². The van der Waals surface area contributed by atoms with Crippen LogP contribution in [0.4, 0.5) is 23.7 Å². The second-order valence-corrected chi connectivity index (χ2v) is 3.73. The maximum absolute atomic E-state index is 13.2. The summed E-state index contributed by atoms with van der Waals surface area (Å²) >= 11 is 0. The van der Waals surface area contributed by atoms with Crippen LogP contribution in [0, 0.1) is 17.5 Å². The number of urea groups is 1. The quantitative estimate of drug-likeness (QED) is 0.727. The van der Waals surface area contributed by atoms with Crippen LogP contribution in [-0.4, -0.2) is 23.8 Å². The second-order valence-electron chi connectivity index (χ2n) is 3.73. The molecule has 18 heavy (non-hydrogen) atoms. The minimum atomic E-state index is -1.64. The standard InChI is InChI=1S/C11H13F3N2O2/c1-6(4-5-17)15-11(18)16-8-3-2-7(12)9(13)10(8)14/h2-3,6,17H,4-5H2,1H3,(H2,15,16,18)/t6-/m1/s1. The molecule has 0 aliphatic heterocycles. The van der Waals surface area contributed by atoms with Crippen LogP contribution in [0.25, 0.3) is 0 Å². The summed E-state index contributed by atoms with van der Waals surface area (Å²) in [6.07, 6.45) is 0.327. The van der Waals surface area contributed by atoms with E-state index in [0.29, 0.717) is 12.5 Å². The van der Waals surface area contributed by atoms with Crippen molar-refractivity contribution >= 4 is 11.7 Å². The number of benzene rings is 1. The maximum atomic E-state index is 13.2. The van der Waals surface area contributed by atoms with E-state index in [1.165, 1.54) is 0 Å². The minimum absolute atomic E-state index is 0.110. The molecule has 0 radical (unpaired) electrons. The molecule has 0 bridgehead atoms. The van der Waals surface area contributed by atoms with Crippen molar-refractivity contribution in [1.82, 2.24) is 5.32 Å². The Bertz CT molecular complexity index is 441. The summed E-state index contributed by atoms with van der Waals surface area (Å²) in [6.45, 7) is 1.53. The van der Waals surface area contributed by atoms with E-state index < -0.39 is 29.2 Å². The number of hydrogen-bond acceptors (Lipinski definition) is 2. The van der Waals surface area contributed by atoms with Crippen molar-refractivity contribution in [3.63, 3.8) is 0 Å². The highest BCUT2D eigenvalue weighted by Gasteiger charge is 2.15. The third kappa shape index (κ3) is 3.63. The van der Waals surface area contributed by atoms with E-state index in [9.17, 15) is 18.0 Å². The lowest BCUT2D eigenvalue weighted by Crippen LogP contribution is -2.36.